The van der Waals surface area contributed by atoms with Gasteiger partial charge in [0.05, 0.1) is 14.2 Å². The van der Waals surface area contributed by atoms with E-state index >= 15 is 0 Å². The van der Waals surface area contributed by atoms with Gasteiger partial charge in [0.25, 0.3) is 0 Å². The average molecular weight is 345 g/mol. The van der Waals surface area contributed by atoms with E-state index in [0.29, 0.717) is 17.9 Å². The van der Waals surface area contributed by atoms with E-state index < -0.39 is 16.2 Å². The molecule has 0 unspecified atom stereocenters. The van der Waals surface area contributed by atoms with Crippen molar-refractivity contribution in [2.45, 2.75) is 39.0 Å². The highest BCUT2D eigenvalue weighted by atomic mass is 32.2. The van der Waals surface area contributed by atoms with Gasteiger partial charge >= 0.3 is 10.3 Å². The van der Waals surface area contributed by atoms with Gasteiger partial charge in [0.15, 0.2) is 11.5 Å². The summed E-state index contributed by atoms with van der Waals surface area (Å²) >= 11 is 0. The van der Waals surface area contributed by atoms with Crippen LogP contribution in [-0.2, 0) is 15.1 Å². The predicted molar refractivity (Wildman–Crippen MR) is 86.0 cm³/mol. The van der Waals surface area contributed by atoms with E-state index in [4.69, 9.17) is 13.7 Å². The number of carbonyl (C=O) groups is 1. The van der Waals surface area contributed by atoms with Crippen molar-refractivity contribution >= 4 is 16.2 Å². The number of methoxy groups -OCH3 is 2. The molecular weight excluding hydrogens is 322 g/mol. The SMILES string of the molecule is CCCCCCC(=O)NS(=O)(=O)Oc1ccc(OC)c(OC)c1. The summed E-state index contributed by atoms with van der Waals surface area (Å²) in [6.07, 6.45) is 3.74. The Balaban J connectivity index is 2.62. The van der Waals surface area contributed by atoms with Gasteiger partial charge in [-0.3, -0.25) is 4.79 Å². The van der Waals surface area contributed by atoms with Crippen molar-refractivity contribution in [3.8, 4) is 17.2 Å². The predicted octanol–water partition coefficient (Wildman–Crippen LogP) is 2.41. The standard InChI is InChI=1S/C15H23NO6S/c1-4-5-6-7-8-15(17)16-23(18,19)22-12-9-10-13(20-2)14(11-12)21-3/h9-11H,4-8H2,1-3H3,(H,16,17). The van der Waals surface area contributed by atoms with Crippen LogP contribution >= 0.6 is 0 Å². The van der Waals surface area contributed by atoms with Crippen molar-refractivity contribution in [2.24, 2.45) is 0 Å². The van der Waals surface area contributed by atoms with Crippen molar-refractivity contribution < 1.29 is 26.9 Å². The van der Waals surface area contributed by atoms with Crippen LogP contribution < -0.4 is 18.4 Å². The van der Waals surface area contributed by atoms with Crippen LogP contribution in [-0.4, -0.2) is 28.5 Å². The lowest BCUT2D eigenvalue weighted by molar-refractivity contribution is -0.119. The topological polar surface area (TPSA) is 90.9 Å². The quantitative estimate of drug-likeness (QED) is 0.655. The summed E-state index contributed by atoms with van der Waals surface area (Å²) in [4.78, 5) is 11.6. The summed E-state index contributed by atoms with van der Waals surface area (Å²) in [5, 5.41) is 0. The Hall–Kier alpha value is -1.96. The molecule has 0 saturated carbocycles. The highest BCUT2D eigenvalue weighted by Gasteiger charge is 2.17. The fourth-order valence-electron chi connectivity index (χ4n) is 1.92. The zero-order chi connectivity index (χ0) is 17.3. The maximum Gasteiger partial charge on any atom is 0.409 e. The molecule has 7 nitrogen and oxygen atoms in total. The number of carbonyl (C=O) groups excluding carboxylic acids is 1. The number of hydrogen-bond donors (Lipinski definition) is 1. The third-order valence-electron chi connectivity index (χ3n) is 3.06. The number of nitrogens with one attached hydrogen (secondary N) is 1. The number of amides is 1. The van der Waals surface area contributed by atoms with Crippen LogP contribution in [0, 0.1) is 0 Å². The molecule has 1 aromatic rings. The first kappa shape index (κ1) is 19.1. The number of ether oxygens (including phenoxy) is 2. The van der Waals surface area contributed by atoms with E-state index in [2.05, 4.69) is 6.92 Å². The van der Waals surface area contributed by atoms with Crippen molar-refractivity contribution in [3.63, 3.8) is 0 Å². The van der Waals surface area contributed by atoms with Gasteiger partial charge in [-0.2, -0.15) is 8.42 Å². The molecule has 0 saturated heterocycles. The van der Waals surface area contributed by atoms with Crippen LogP contribution in [0.1, 0.15) is 39.0 Å². The molecule has 0 aliphatic carbocycles. The van der Waals surface area contributed by atoms with Gasteiger partial charge in [-0.25, -0.2) is 4.72 Å². The molecule has 8 heteroatoms. The van der Waals surface area contributed by atoms with Crippen LogP contribution in [0.3, 0.4) is 0 Å². The summed E-state index contributed by atoms with van der Waals surface area (Å²) in [5.74, 6) is 0.207. The van der Waals surface area contributed by atoms with Crippen LogP contribution in [0.4, 0.5) is 0 Å². The van der Waals surface area contributed by atoms with Crippen LogP contribution in [0.25, 0.3) is 0 Å². The van der Waals surface area contributed by atoms with Gasteiger partial charge in [0, 0.05) is 12.5 Å². The maximum atomic E-state index is 11.8. The fourth-order valence-corrected chi connectivity index (χ4v) is 2.70. The second-order valence-corrected chi connectivity index (χ2v) is 6.17. The molecule has 1 rings (SSSR count). The Morgan fingerprint density at radius 2 is 1.78 bits per heavy atom. The van der Waals surface area contributed by atoms with Gasteiger partial charge in [0.2, 0.25) is 5.91 Å². The Kier molecular flexibility index (Phi) is 7.67. The van der Waals surface area contributed by atoms with E-state index in [0.717, 1.165) is 19.3 Å². The molecule has 0 heterocycles. The molecule has 0 spiro atoms. The Bertz CT molecular complexity index is 614. The van der Waals surface area contributed by atoms with Gasteiger partial charge in [0.1, 0.15) is 5.75 Å². The first-order valence-corrected chi connectivity index (χ1v) is 8.79. The third kappa shape index (κ3) is 6.77. The molecule has 130 valence electrons. The van der Waals surface area contributed by atoms with Gasteiger partial charge < -0.3 is 13.7 Å². The largest absolute Gasteiger partial charge is 0.493 e. The summed E-state index contributed by atoms with van der Waals surface area (Å²) in [6, 6.07) is 4.28. The molecule has 1 aromatic carbocycles. The molecule has 0 atom stereocenters. The molecule has 0 aromatic heterocycles. The molecule has 1 amide bonds. The summed E-state index contributed by atoms with van der Waals surface area (Å²) in [6.45, 7) is 2.06. The van der Waals surface area contributed by atoms with Crippen molar-refractivity contribution in [1.82, 2.24) is 4.72 Å². The molecule has 0 radical (unpaired) electrons. The smallest absolute Gasteiger partial charge is 0.409 e. The first-order valence-electron chi connectivity index (χ1n) is 7.39. The van der Waals surface area contributed by atoms with E-state index in [1.54, 1.807) is 0 Å². The Morgan fingerprint density at radius 1 is 1.09 bits per heavy atom. The summed E-state index contributed by atoms with van der Waals surface area (Å²) in [7, 11) is -1.33. The molecule has 0 bridgehead atoms. The second-order valence-electron chi connectivity index (χ2n) is 4.89. The van der Waals surface area contributed by atoms with Gasteiger partial charge in [-0.1, -0.05) is 26.2 Å². The normalized spacial score (nSPS) is 10.9. The maximum absolute atomic E-state index is 11.8. The molecule has 0 fully saturated rings. The van der Waals surface area contributed by atoms with Crippen molar-refractivity contribution in [3.05, 3.63) is 18.2 Å². The van der Waals surface area contributed by atoms with Gasteiger partial charge in [-0.05, 0) is 18.6 Å². The van der Waals surface area contributed by atoms with E-state index in [1.807, 2.05) is 4.72 Å². The lowest BCUT2D eigenvalue weighted by atomic mass is 10.1. The number of unbranched alkanes of at least 4 members (excludes halogenated alkanes) is 3. The van der Waals surface area contributed by atoms with E-state index in [9.17, 15) is 13.2 Å². The zero-order valence-corrected chi connectivity index (χ0v) is 14.4. The third-order valence-corrected chi connectivity index (χ3v) is 3.95. The van der Waals surface area contributed by atoms with Crippen LogP contribution in [0.15, 0.2) is 18.2 Å². The minimum atomic E-state index is -4.22. The highest BCUT2D eigenvalue weighted by molar-refractivity contribution is 7.85. The molecular formula is C15H23NO6S. The Labute approximate surface area is 137 Å². The van der Waals surface area contributed by atoms with E-state index in [-0.39, 0.29) is 12.2 Å². The summed E-state index contributed by atoms with van der Waals surface area (Å²) in [5.41, 5.74) is 0. The van der Waals surface area contributed by atoms with Crippen LogP contribution in [0.2, 0.25) is 0 Å². The number of benzene rings is 1. The number of hydrogen-bond acceptors (Lipinski definition) is 6. The van der Waals surface area contributed by atoms with Crippen molar-refractivity contribution in [2.75, 3.05) is 14.2 Å². The minimum absolute atomic E-state index is 0.0222. The lowest BCUT2D eigenvalue weighted by Gasteiger charge is -2.11. The molecule has 1 N–H and O–H groups in total. The second kappa shape index (κ2) is 9.24. The molecule has 0 aliphatic rings. The van der Waals surface area contributed by atoms with Crippen LogP contribution in [0.5, 0.6) is 17.2 Å². The monoisotopic (exact) mass is 345 g/mol. The highest BCUT2D eigenvalue weighted by Crippen LogP contribution is 2.31. The minimum Gasteiger partial charge on any atom is -0.493 e. The first-order chi connectivity index (χ1) is 10.9. The van der Waals surface area contributed by atoms with Gasteiger partial charge in [-0.15, -0.1) is 0 Å². The van der Waals surface area contributed by atoms with E-state index in [1.165, 1.54) is 32.4 Å². The summed E-state index contributed by atoms with van der Waals surface area (Å²) < 4.78 is 40.5. The Morgan fingerprint density at radius 3 is 2.39 bits per heavy atom. The molecule has 0 aliphatic heterocycles. The lowest BCUT2D eigenvalue weighted by Crippen LogP contribution is -2.33. The zero-order valence-electron chi connectivity index (χ0n) is 13.6. The fraction of sp³-hybridized carbons (Fsp3) is 0.533. The van der Waals surface area contributed by atoms with Crippen molar-refractivity contribution in [1.29, 1.82) is 0 Å². The number of rotatable bonds is 10. The average Bonchev–Trinajstić information content (AvgIpc) is 2.50. The molecule has 23 heavy (non-hydrogen) atoms.